The normalized spacial score (nSPS) is 7.77. The second kappa shape index (κ2) is 13.5. The smallest absolute Gasteiger partial charge is 0.0291 e. The third kappa shape index (κ3) is 24.8. The third-order valence-corrected chi connectivity index (χ3v) is 1.35. The number of rotatable bonds is 6. The molecule has 0 aromatic heterocycles. The molecule has 0 fully saturated rings. The highest BCUT2D eigenvalue weighted by molar-refractivity contribution is 4.89. The summed E-state index contributed by atoms with van der Waals surface area (Å²) >= 11 is 0. The first kappa shape index (κ1) is 14.5. The van der Waals surface area contributed by atoms with Crippen LogP contribution in [0.5, 0.6) is 0 Å². The van der Waals surface area contributed by atoms with E-state index in [9.17, 15) is 0 Å². The van der Waals surface area contributed by atoms with Crippen LogP contribution in [0.3, 0.4) is 0 Å². The van der Waals surface area contributed by atoms with Crippen LogP contribution in [0.25, 0.3) is 0 Å². The van der Waals surface area contributed by atoms with E-state index in [2.05, 4.69) is 26.3 Å². The fourth-order valence-corrected chi connectivity index (χ4v) is 0.584. The summed E-state index contributed by atoms with van der Waals surface area (Å²) in [7, 11) is 0. The highest BCUT2D eigenvalue weighted by Crippen LogP contribution is 1.98. The van der Waals surface area contributed by atoms with Crippen molar-refractivity contribution in [2.24, 2.45) is 0 Å². The molecule has 13 heavy (non-hydrogen) atoms. The first-order valence-electron chi connectivity index (χ1n) is 4.66. The summed E-state index contributed by atoms with van der Waals surface area (Å²) in [6.07, 6.45) is 9.96. The summed E-state index contributed by atoms with van der Waals surface area (Å²) in [5, 5.41) is 0. The van der Waals surface area contributed by atoms with Crippen LogP contribution in [0.4, 0.5) is 0 Å². The van der Waals surface area contributed by atoms with Crippen molar-refractivity contribution in [1.29, 1.82) is 0 Å². The Bertz CT molecular complexity index is 143. The maximum Gasteiger partial charge on any atom is -0.0291 e. The Kier molecular flexibility index (Phi) is 15.1. The Morgan fingerprint density at radius 2 is 1.31 bits per heavy atom. The van der Waals surface area contributed by atoms with Crippen LogP contribution in [0.15, 0.2) is 50.1 Å². The molecule has 0 saturated carbocycles. The van der Waals surface area contributed by atoms with Crippen molar-refractivity contribution >= 4 is 0 Å². The molecule has 0 N–H and O–H groups in total. The van der Waals surface area contributed by atoms with Gasteiger partial charge in [0.05, 0.1) is 0 Å². The van der Waals surface area contributed by atoms with Crippen molar-refractivity contribution in [2.45, 2.75) is 32.6 Å². The van der Waals surface area contributed by atoms with Crippen molar-refractivity contribution in [2.75, 3.05) is 0 Å². The molecule has 0 aromatic rings. The SMILES string of the molecule is C=CCCC(=C)C.C=CCCC=C. The van der Waals surface area contributed by atoms with E-state index in [-0.39, 0.29) is 0 Å². The van der Waals surface area contributed by atoms with E-state index in [1.54, 1.807) is 0 Å². The molecule has 0 amide bonds. The van der Waals surface area contributed by atoms with Crippen LogP contribution in [-0.2, 0) is 0 Å². The maximum absolute atomic E-state index is 3.74. The zero-order valence-corrected chi connectivity index (χ0v) is 8.89. The quantitative estimate of drug-likeness (QED) is 0.409. The van der Waals surface area contributed by atoms with Crippen molar-refractivity contribution in [3.63, 3.8) is 0 Å². The van der Waals surface area contributed by atoms with Crippen LogP contribution >= 0.6 is 0 Å². The van der Waals surface area contributed by atoms with Gasteiger partial charge in [0.1, 0.15) is 0 Å². The summed E-state index contributed by atoms with van der Waals surface area (Å²) in [6.45, 7) is 16.5. The van der Waals surface area contributed by atoms with Gasteiger partial charge >= 0.3 is 0 Å². The Labute approximate surface area is 83.4 Å². The van der Waals surface area contributed by atoms with Gasteiger partial charge in [-0.3, -0.25) is 0 Å². The molecule has 0 aliphatic heterocycles. The molecule has 74 valence electrons. The van der Waals surface area contributed by atoms with E-state index >= 15 is 0 Å². The van der Waals surface area contributed by atoms with Crippen LogP contribution in [0, 0.1) is 0 Å². The van der Waals surface area contributed by atoms with Gasteiger partial charge in [0.25, 0.3) is 0 Å². The fraction of sp³-hybridized carbons (Fsp3) is 0.385. The van der Waals surface area contributed by atoms with E-state index in [1.165, 1.54) is 5.57 Å². The zero-order valence-electron chi connectivity index (χ0n) is 8.89. The molecule has 0 aliphatic rings. The predicted octanol–water partition coefficient (Wildman–Crippen LogP) is 4.67. The van der Waals surface area contributed by atoms with Gasteiger partial charge in [0, 0.05) is 0 Å². The Balaban J connectivity index is 0. The van der Waals surface area contributed by atoms with Gasteiger partial charge in [-0.2, -0.15) is 0 Å². The maximum atomic E-state index is 3.74. The van der Waals surface area contributed by atoms with Crippen molar-refractivity contribution in [3.05, 3.63) is 50.1 Å². The van der Waals surface area contributed by atoms with Gasteiger partial charge in [-0.15, -0.1) is 26.3 Å². The Hall–Kier alpha value is -1.04. The molecule has 0 rings (SSSR count). The molecule has 0 aromatic carbocycles. The lowest BCUT2D eigenvalue weighted by Crippen LogP contribution is -1.68. The van der Waals surface area contributed by atoms with Crippen LogP contribution in [0.1, 0.15) is 32.6 Å². The number of hydrogen-bond donors (Lipinski definition) is 0. The van der Waals surface area contributed by atoms with Gasteiger partial charge in [-0.1, -0.05) is 23.8 Å². The molecule has 0 aliphatic carbocycles. The van der Waals surface area contributed by atoms with Gasteiger partial charge < -0.3 is 0 Å². The van der Waals surface area contributed by atoms with E-state index in [0.717, 1.165) is 25.7 Å². The molecule has 0 atom stereocenters. The van der Waals surface area contributed by atoms with Gasteiger partial charge in [0.2, 0.25) is 0 Å². The van der Waals surface area contributed by atoms with Crippen LogP contribution in [0.2, 0.25) is 0 Å². The topological polar surface area (TPSA) is 0 Å². The molecule has 0 heterocycles. The lowest BCUT2D eigenvalue weighted by atomic mass is 10.2. The average Bonchev–Trinajstić information content (AvgIpc) is 2.12. The minimum atomic E-state index is 1.06. The summed E-state index contributed by atoms with van der Waals surface area (Å²) in [6, 6.07) is 0. The largest absolute Gasteiger partial charge is 0.103 e. The second-order valence-corrected chi connectivity index (χ2v) is 2.94. The van der Waals surface area contributed by atoms with Gasteiger partial charge in [-0.05, 0) is 32.6 Å². The Morgan fingerprint density at radius 1 is 0.923 bits per heavy atom. The molecule has 0 nitrogen and oxygen atoms in total. The molecule has 0 radical (unpaired) electrons. The number of unbranched alkanes of at least 4 members (excludes halogenated alkanes) is 1. The summed E-state index contributed by atoms with van der Waals surface area (Å²) in [5.74, 6) is 0. The lowest BCUT2D eigenvalue weighted by molar-refractivity contribution is 0.986. The first-order chi connectivity index (χ1) is 6.18. The Morgan fingerprint density at radius 3 is 1.46 bits per heavy atom. The van der Waals surface area contributed by atoms with E-state index < -0.39 is 0 Å². The minimum Gasteiger partial charge on any atom is -0.103 e. The monoisotopic (exact) mass is 178 g/mol. The highest BCUT2D eigenvalue weighted by Gasteiger charge is 1.78. The second-order valence-electron chi connectivity index (χ2n) is 2.94. The summed E-state index contributed by atoms with van der Waals surface area (Å²) in [5.41, 5.74) is 1.24. The number of allylic oxidation sites excluding steroid dienone is 4. The van der Waals surface area contributed by atoms with E-state index in [1.807, 2.05) is 25.2 Å². The molecule has 0 bridgehead atoms. The fourth-order valence-electron chi connectivity index (χ4n) is 0.584. The first-order valence-corrected chi connectivity index (χ1v) is 4.66. The molecule has 0 spiro atoms. The summed E-state index contributed by atoms with van der Waals surface area (Å²) in [4.78, 5) is 0. The molecule has 0 saturated heterocycles. The van der Waals surface area contributed by atoms with E-state index in [4.69, 9.17) is 0 Å². The van der Waals surface area contributed by atoms with Gasteiger partial charge in [-0.25, -0.2) is 0 Å². The van der Waals surface area contributed by atoms with Crippen molar-refractivity contribution in [1.82, 2.24) is 0 Å². The van der Waals surface area contributed by atoms with Crippen LogP contribution < -0.4 is 0 Å². The van der Waals surface area contributed by atoms with Gasteiger partial charge in [0.15, 0.2) is 0 Å². The standard InChI is InChI=1S/C7H12.C6H10/c1-4-5-6-7(2)3;1-3-5-6-4-2/h4H,1-2,5-6H2,3H3;3-4H,1-2,5-6H2. The third-order valence-electron chi connectivity index (χ3n) is 1.35. The molecular weight excluding hydrogens is 156 g/mol. The summed E-state index contributed by atoms with van der Waals surface area (Å²) < 4.78 is 0. The van der Waals surface area contributed by atoms with Crippen molar-refractivity contribution in [3.8, 4) is 0 Å². The number of hydrogen-bond acceptors (Lipinski definition) is 0. The van der Waals surface area contributed by atoms with Crippen LogP contribution in [-0.4, -0.2) is 0 Å². The minimum absolute atomic E-state index is 1.06. The van der Waals surface area contributed by atoms with E-state index in [0.29, 0.717) is 0 Å². The zero-order chi connectivity index (χ0) is 10.5. The molecule has 0 heteroatoms. The molecular formula is C13H22. The highest BCUT2D eigenvalue weighted by atomic mass is 13.8. The lowest BCUT2D eigenvalue weighted by Gasteiger charge is -1.88. The van der Waals surface area contributed by atoms with Crippen molar-refractivity contribution < 1.29 is 0 Å². The average molecular weight is 178 g/mol. The molecule has 0 unspecified atom stereocenters. The predicted molar refractivity (Wildman–Crippen MR) is 63.9 cm³/mol.